The van der Waals surface area contributed by atoms with Crippen molar-refractivity contribution in [2.45, 2.75) is 18.1 Å². The van der Waals surface area contributed by atoms with Crippen LogP contribution in [-0.4, -0.2) is 41.1 Å². The summed E-state index contributed by atoms with van der Waals surface area (Å²) in [7, 11) is -1.74. The van der Waals surface area contributed by atoms with Crippen LogP contribution in [0.25, 0.3) is 0 Å². The van der Waals surface area contributed by atoms with Crippen LogP contribution in [0.1, 0.15) is 32.5 Å². The van der Waals surface area contributed by atoms with Crippen molar-refractivity contribution in [3.8, 4) is 0 Å². The Bertz CT molecular complexity index is 918. The van der Waals surface area contributed by atoms with Crippen molar-refractivity contribution in [3.63, 3.8) is 0 Å². The first-order chi connectivity index (χ1) is 12.3. The van der Waals surface area contributed by atoms with Crippen LogP contribution < -0.4 is 4.31 Å². The van der Waals surface area contributed by atoms with Crippen LogP contribution in [0.15, 0.2) is 34.5 Å². The van der Waals surface area contributed by atoms with Gasteiger partial charge in [0.05, 0.1) is 25.5 Å². The van der Waals surface area contributed by atoms with Gasteiger partial charge in [0.1, 0.15) is 4.88 Å². The van der Waals surface area contributed by atoms with Gasteiger partial charge in [-0.2, -0.15) is 0 Å². The van der Waals surface area contributed by atoms with Crippen LogP contribution in [-0.2, 0) is 19.5 Å². The summed E-state index contributed by atoms with van der Waals surface area (Å²) in [5.41, 5.74) is 0.528. The van der Waals surface area contributed by atoms with E-state index in [4.69, 9.17) is 9.47 Å². The number of para-hydroxylation sites is 1. The Balaban J connectivity index is 2.72. The molecule has 26 heavy (non-hydrogen) atoms. The lowest BCUT2D eigenvalue weighted by molar-refractivity contribution is 0.0596. The molecular weight excluding hydrogens is 378 g/mol. The van der Waals surface area contributed by atoms with Crippen molar-refractivity contribution < 1.29 is 27.5 Å². The van der Waals surface area contributed by atoms with Crippen LogP contribution in [0.4, 0.5) is 5.69 Å². The number of sulfonamides is 1. The molecule has 0 saturated heterocycles. The third kappa shape index (κ3) is 3.45. The van der Waals surface area contributed by atoms with E-state index in [-0.39, 0.29) is 26.8 Å². The number of hydrogen-bond acceptors (Lipinski definition) is 7. The summed E-state index contributed by atoms with van der Waals surface area (Å²) in [5, 5.41) is 0. The number of rotatable bonds is 6. The highest BCUT2D eigenvalue weighted by atomic mass is 32.2. The third-order valence-corrected chi connectivity index (χ3v) is 7.40. The summed E-state index contributed by atoms with van der Waals surface area (Å²) >= 11 is 0.703. The summed E-state index contributed by atoms with van der Waals surface area (Å²) in [5.74, 6) is -1.53. The summed E-state index contributed by atoms with van der Waals surface area (Å²) < 4.78 is 36.9. The molecule has 7 nitrogen and oxygen atoms in total. The highest BCUT2D eigenvalue weighted by Crippen LogP contribution is 2.36. The zero-order chi connectivity index (χ0) is 19.5. The van der Waals surface area contributed by atoms with Crippen molar-refractivity contribution in [1.29, 1.82) is 0 Å². The second kappa shape index (κ2) is 7.88. The van der Waals surface area contributed by atoms with Crippen LogP contribution in [0.3, 0.4) is 0 Å². The number of hydrogen-bond donors (Lipinski definition) is 0. The molecule has 9 heteroatoms. The van der Waals surface area contributed by atoms with Gasteiger partial charge in [0.2, 0.25) is 0 Å². The minimum absolute atomic E-state index is 0.0515. The number of ether oxygens (including phenoxy) is 2. The molecule has 0 fully saturated rings. The van der Waals surface area contributed by atoms with E-state index in [1.54, 1.807) is 37.3 Å². The molecule has 0 atom stereocenters. The molecular formula is C17H19NO6S2. The summed E-state index contributed by atoms with van der Waals surface area (Å²) in [4.78, 5) is 24.2. The van der Waals surface area contributed by atoms with Crippen molar-refractivity contribution in [1.82, 2.24) is 0 Å². The Morgan fingerprint density at radius 2 is 1.65 bits per heavy atom. The SMILES string of the molecule is CCN(c1ccccc1)S(=O)(=O)c1sc(C(=O)OC)c(C)c1C(=O)OC. The number of benzene rings is 1. The predicted octanol–water partition coefficient (Wildman–Crippen LogP) is 2.84. The minimum atomic E-state index is -4.09. The normalized spacial score (nSPS) is 11.1. The first-order valence-electron chi connectivity index (χ1n) is 7.67. The average Bonchev–Trinajstić information content (AvgIpc) is 2.99. The predicted molar refractivity (Wildman–Crippen MR) is 98.4 cm³/mol. The largest absolute Gasteiger partial charge is 0.465 e. The number of thiophene rings is 1. The van der Waals surface area contributed by atoms with Gasteiger partial charge in [0, 0.05) is 6.54 Å². The molecule has 0 radical (unpaired) electrons. The monoisotopic (exact) mass is 397 g/mol. The number of carbonyl (C=O) groups is 2. The lowest BCUT2D eigenvalue weighted by Crippen LogP contribution is -2.31. The van der Waals surface area contributed by atoms with Gasteiger partial charge in [-0.05, 0) is 31.5 Å². The van der Waals surface area contributed by atoms with Gasteiger partial charge in [-0.3, -0.25) is 4.31 Å². The average molecular weight is 397 g/mol. The van der Waals surface area contributed by atoms with Gasteiger partial charge in [-0.15, -0.1) is 11.3 Å². The Morgan fingerprint density at radius 3 is 2.15 bits per heavy atom. The molecule has 1 aromatic heterocycles. The van der Waals surface area contributed by atoms with Gasteiger partial charge >= 0.3 is 11.9 Å². The van der Waals surface area contributed by atoms with E-state index in [0.717, 1.165) is 7.11 Å². The molecule has 1 aromatic carbocycles. The summed E-state index contributed by atoms with van der Waals surface area (Å²) in [6.07, 6.45) is 0. The van der Waals surface area contributed by atoms with Crippen molar-refractivity contribution in [3.05, 3.63) is 46.3 Å². The van der Waals surface area contributed by atoms with Crippen molar-refractivity contribution in [2.24, 2.45) is 0 Å². The fourth-order valence-electron chi connectivity index (χ4n) is 2.48. The second-order valence-corrected chi connectivity index (χ2v) is 8.29. The summed E-state index contributed by atoms with van der Waals surface area (Å²) in [6.45, 7) is 3.33. The molecule has 2 aromatic rings. The quantitative estimate of drug-likeness (QED) is 0.696. The summed E-state index contributed by atoms with van der Waals surface area (Å²) in [6, 6.07) is 8.51. The Morgan fingerprint density at radius 1 is 1.08 bits per heavy atom. The second-order valence-electron chi connectivity index (χ2n) is 5.21. The Kier molecular flexibility index (Phi) is 6.04. The fourth-order valence-corrected chi connectivity index (χ4v) is 5.80. The van der Waals surface area contributed by atoms with Crippen LogP contribution >= 0.6 is 11.3 Å². The van der Waals surface area contributed by atoms with E-state index in [1.165, 1.54) is 18.3 Å². The minimum Gasteiger partial charge on any atom is -0.465 e. The molecule has 0 aliphatic carbocycles. The lowest BCUT2D eigenvalue weighted by atomic mass is 10.2. The maximum Gasteiger partial charge on any atom is 0.348 e. The molecule has 0 bridgehead atoms. The molecule has 1 heterocycles. The van der Waals surface area contributed by atoms with Gasteiger partial charge in [-0.1, -0.05) is 18.2 Å². The molecule has 0 N–H and O–H groups in total. The lowest BCUT2D eigenvalue weighted by Gasteiger charge is -2.22. The van der Waals surface area contributed by atoms with E-state index in [2.05, 4.69) is 0 Å². The maximum atomic E-state index is 13.3. The van der Waals surface area contributed by atoms with E-state index >= 15 is 0 Å². The zero-order valence-corrected chi connectivity index (χ0v) is 16.4. The van der Waals surface area contributed by atoms with E-state index < -0.39 is 22.0 Å². The molecule has 0 unspecified atom stereocenters. The Hall–Kier alpha value is -2.39. The van der Waals surface area contributed by atoms with Crippen LogP contribution in [0, 0.1) is 6.92 Å². The first kappa shape index (κ1) is 19.9. The smallest absolute Gasteiger partial charge is 0.348 e. The number of nitrogens with zero attached hydrogens (tertiary/aromatic N) is 1. The number of esters is 2. The number of carbonyl (C=O) groups excluding carboxylic acids is 2. The third-order valence-electron chi connectivity index (χ3n) is 3.73. The van der Waals surface area contributed by atoms with E-state index in [9.17, 15) is 18.0 Å². The highest BCUT2D eigenvalue weighted by molar-refractivity contribution is 7.94. The fraction of sp³-hybridized carbons (Fsp3) is 0.294. The highest BCUT2D eigenvalue weighted by Gasteiger charge is 2.35. The van der Waals surface area contributed by atoms with Crippen molar-refractivity contribution >= 4 is 39.0 Å². The van der Waals surface area contributed by atoms with Gasteiger partial charge in [-0.25, -0.2) is 18.0 Å². The van der Waals surface area contributed by atoms with E-state index in [0.29, 0.717) is 17.0 Å². The standard InChI is InChI=1S/C17H19NO6S2/c1-5-18(12-9-7-6-8-10-12)26(21,22)17-13(15(19)23-3)11(2)14(25-17)16(20)24-4/h6-10H,5H2,1-4H3. The molecule has 0 saturated carbocycles. The molecule has 2 rings (SSSR count). The Labute approximate surface area is 156 Å². The maximum absolute atomic E-state index is 13.3. The van der Waals surface area contributed by atoms with E-state index in [1.807, 2.05) is 0 Å². The van der Waals surface area contributed by atoms with Gasteiger partial charge in [0.15, 0.2) is 4.21 Å². The molecule has 0 aliphatic rings. The first-order valence-corrected chi connectivity index (χ1v) is 9.93. The molecule has 140 valence electrons. The molecule has 0 amide bonds. The molecule has 0 spiro atoms. The number of methoxy groups -OCH3 is 2. The van der Waals surface area contributed by atoms with Crippen LogP contribution in [0.5, 0.6) is 0 Å². The number of anilines is 1. The topological polar surface area (TPSA) is 90.0 Å². The van der Waals surface area contributed by atoms with Gasteiger partial charge < -0.3 is 9.47 Å². The van der Waals surface area contributed by atoms with Crippen LogP contribution in [0.2, 0.25) is 0 Å². The zero-order valence-electron chi connectivity index (χ0n) is 14.8. The van der Waals surface area contributed by atoms with Gasteiger partial charge in [0.25, 0.3) is 10.0 Å². The molecule has 0 aliphatic heterocycles. The van der Waals surface area contributed by atoms with Crippen molar-refractivity contribution in [2.75, 3.05) is 25.1 Å².